The van der Waals surface area contributed by atoms with Gasteiger partial charge in [0.25, 0.3) is 0 Å². The third-order valence-electron chi connectivity index (χ3n) is 5.50. The third kappa shape index (κ3) is 6.52. The minimum Gasteiger partial charge on any atom is -0.496 e. The van der Waals surface area contributed by atoms with E-state index in [1.807, 2.05) is 19.1 Å². The smallest absolute Gasteiger partial charge is 0.220 e. The van der Waals surface area contributed by atoms with Gasteiger partial charge in [0, 0.05) is 13.0 Å². The summed E-state index contributed by atoms with van der Waals surface area (Å²) in [5.74, 6) is 2.33. The summed E-state index contributed by atoms with van der Waals surface area (Å²) in [6, 6.07) is 6.12. The highest BCUT2D eigenvalue weighted by atomic mass is 32.2. The zero-order valence-electron chi connectivity index (χ0n) is 17.0. The lowest BCUT2D eigenvalue weighted by Gasteiger charge is -2.22. The van der Waals surface area contributed by atoms with Crippen molar-refractivity contribution in [2.75, 3.05) is 25.2 Å². The highest BCUT2D eigenvalue weighted by molar-refractivity contribution is 7.91. The fourth-order valence-electron chi connectivity index (χ4n) is 3.86. The largest absolute Gasteiger partial charge is 0.496 e. The Bertz CT molecular complexity index is 743. The van der Waals surface area contributed by atoms with Gasteiger partial charge in [0.2, 0.25) is 5.91 Å². The molecule has 2 unspecified atom stereocenters. The second-order valence-corrected chi connectivity index (χ2v) is 10.3. The second-order valence-electron chi connectivity index (χ2n) is 8.04. The SMILES string of the molecule is COc1ccc(C(CC(=O)NCCCC2CCS(=O)(=O)C2)C(C)C)cc1C. The molecule has 0 radical (unpaired) electrons. The van der Waals surface area contributed by atoms with E-state index in [0.29, 0.717) is 30.4 Å². The van der Waals surface area contributed by atoms with Gasteiger partial charge in [0.05, 0.1) is 18.6 Å². The van der Waals surface area contributed by atoms with E-state index < -0.39 is 9.84 Å². The quantitative estimate of drug-likeness (QED) is 0.650. The van der Waals surface area contributed by atoms with Gasteiger partial charge in [-0.2, -0.15) is 0 Å². The van der Waals surface area contributed by atoms with Crippen LogP contribution in [-0.4, -0.2) is 39.5 Å². The maximum atomic E-state index is 12.4. The lowest BCUT2D eigenvalue weighted by molar-refractivity contribution is -0.121. The molecule has 0 aromatic heterocycles. The zero-order chi connectivity index (χ0) is 20.0. The van der Waals surface area contributed by atoms with Gasteiger partial charge < -0.3 is 10.1 Å². The Morgan fingerprint density at radius 1 is 1.33 bits per heavy atom. The molecule has 1 aromatic rings. The molecular weight excluding hydrogens is 362 g/mol. The zero-order valence-corrected chi connectivity index (χ0v) is 17.8. The lowest BCUT2D eigenvalue weighted by Crippen LogP contribution is -2.27. The van der Waals surface area contributed by atoms with Crippen molar-refractivity contribution in [2.24, 2.45) is 11.8 Å². The number of carbonyl (C=O) groups excluding carboxylic acids is 1. The Hall–Kier alpha value is -1.56. The van der Waals surface area contributed by atoms with Gasteiger partial charge in [0.15, 0.2) is 9.84 Å². The van der Waals surface area contributed by atoms with Gasteiger partial charge >= 0.3 is 0 Å². The molecule has 0 spiro atoms. The number of amides is 1. The van der Waals surface area contributed by atoms with E-state index in [-0.39, 0.29) is 17.7 Å². The van der Waals surface area contributed by atoms with Crippen LogP contribution in [-0.2, 0) is 14.6 Å². The fourth-order valence-corrected chi connectivity index (χ4v) is 5.77. The minimum absolute atomic E-state index is 0.0567. The monoisotopic (exact) mass is 395 g/mol. The van der Waals surface area contributed by atoms with Crippen LogP contribution >= 0.6 is 0 Å². The first-order valence-corrected chi connectivity index (χ1v) is 11.7. The molecule has 1 aliphatic heterocycles. The number of methoxy groups -OCH3 is 1. The van der Waals surface area contributed by atoms with E-state index in [4.69, 9.17) is 4.74 Å². The van der Waals surface area contributed by atoms with E-state index in [0.717, 1.165) is 36.1 Å². The number of benzene rings is 1. The predicted molar refractivity (Wildman–Crippen MR) is 109 cm³/mol. The van der Waals surface area contributed by atoms with Crippen LogP contribution < -0.4 is 10.1 Å². The van der Waals surface area contributed by atoms with E-state index in [1.54, 1.807) is 7.11 Å². The van der Waals surface area contributed by atoms with Crippen LogP contribution in [0.2, 0.25) is 0 Å². The summed E-state index contributed by atoms with van der Waals surface area (Å²) in [7, 11) is -1.15. The first-order chi connectivity index (χ1) is 12.7. The van der Waals surface area contributed by atoms with Crippen molar-refractivity contribution in [3.63, 3.8) is 0 Å². The number of nitrogens with one attached hydrogen (secondary N) is 1. The van der Waals surface area contributed by atoms with Crippen LogP contribution in [0, 0.1) is 18.8 Å². The molecule has 6 heteroatoms. The Morgan fingerprint density at radius 2 is 2.07 bits per heavy atom. The number of hydrogen-bond donors (Lipinski definition) is 1. The van der Waals surface area contributed by atoms with Crippen molar-refractivity contribution in [1.29, 1.82) is 0 Å². The van der Waals surface area contributed by atoms with Crippen molar-refractivity contribution in [3.8, 4) is 5.75 Å². The van der Waals surface area contributed by atoms with Crippen LogP contribution in [0.4, 0.5) is 0 Å². The number of aryl methyl sites for hydroxylation is 1. The Kier molecular flexibility index (Phi) is 7.71. The van der Waals surface area contributed by atoms with Crippen LogP contribution in [0.3, 0.4) is 0 Å². The number of ether oxygens (including phenoxy) is 1. The molecule has 0 aliphatic carbocycles. The third-order valence-corrected chi connectivity index (χ3v) is 7.33. The van der Waals surface area contributed by atoms with Gasteiger partial charge in [-0.25, -0.2) is 8.42 Å². The molecule has 0 saturated carbocycles. The summed E-state index contributed by atoms with van der Waals surface area (Å²) in [6.45, 7) is 6.90. The number of rotatable bonds is 9. The van der Waals surface area contributed by atoms with Crippen LogP contribution in [0.1, 0.15) is 56.6 Å². The van der Waals surface area contributed by atoms with Crippen LogP contribution in [0.5, 0.6) is 5.75 Å². The average molecular weight is 396 g/mol. The topological polar surface area (TPSA) is 72.5 Å². The maximum absolute atomic E-state index is 12.4. The summed E-state index contributed by atoms with van der Waals surface area (Å²) in [4.78, 5) is 12.4. The standard InChI is InChI=1S/C21H33NO4S/c1-15(2)19(18-7-8-20(26-4)16(3)12-18)13-21(23)22-10-5-6-17-9-11-27(24,25)14-17/h7-8,12,15,17,19H,5-6,9-11,13-14H2,1-4H3,(H,22,23). The summed E-state index contributed by atoms with van der Waals surface area (Å²) >= 11 is 0. The van der Waals surface area contributed by atoms with E-state index in [9.17, 15) is 13.2 Å². The first-order valence-electron chi connectivity index (χ1n) is 9.83. The van der Waals surface area contributed by atoms with E-state index in [2.05, 4.69) is 25.2 Å². The number of hydrogen-bond acceptors (Lipinski definition) is 4. The van der Waals surface area contributed by atoms with Crippen molar-refractivity contribution in [1.82, 2.24) is 5.32 Å². The summed E-state index contributed by atoms with van der Waals surface area (Å²) in [5.41, 5.74) is 2.24. The number of carbonyl (C=O) groups is 1. The maximum Gasteiger partial charge on any atom is 0.220 e. The van der Waals surface area contributed by atoms with Gasteiger partial charge in [-0.15, -0.1) is 0 Å². The normalized spacial score (nSPS) is 19.8. The molecule has 1 amide bonds. The molecule has 1 N–H and O–H groups in total. The molecule has 1 aromatic carbocycles. The molecule has 152 valence electrons. The summed E-state index contributed by atoms with van der Waals surface area (Å²) < 4.78 is 28.3. The average Bonchev–Trinajstić information content (AvgIpc) is 2.95. The molecule has 1 saturated heterocycles. The van der Waals surface area contributed by atoms with Crippen molar-refractivity contribution >= 4 is 15.7 Å². The molecule has 2 atom stereocenters. The first kappa shape index (κ1) is 21.7. The highest BCUT2D eigenvalue weighted by Crippen LogP contribution is 2.31. The molecule has 1 aliphatic rings. The van der Waals surface area contributed by atoms with E-state index in [1.165, 1.54) is 0 Å². The lowest BCUT2D eigenvalue weighted by atomic mass is 9.85. The molecule has 1 heterocycles. The van der Waals surface area contributed by atoms with Crippen molar-refractivity contribution in [2.45, 2.75) is 52.4 Å². The van der Waals surface area contributed by atoms with Crippen molar-refractivity contribution < 1.29 is 17.9 Å². The van der Waals surface area contributed by atoms with Crippen LogP contribution in [0.25, 0.3) is 0 Å². The summed E-state index contributed by atoms with van der Waals surface area (Å²) in [5, 5.41) is 3.01. The molecule has 27 heavy (non-hydrogen) atoms. The number of sulfone groups is 1. The summed E-state index contributed by atoms with van der Waals surface area (Å²) in [6.07, 6.45) is 2.93. The molecule has 5 nitrogen and oxygen atoms in total. The van der Waals surface area contributed by atoms with Gasteiger partial charge in [0.1, 0.15) is 5.75 Å². The Balaban J connectivity index is 1.82. The minimum atomic E-state index is -2.81. The van der Waals surface area contributed by atoms with Crippen LogP contribution in [0.15, 0.2) is 18.2 Å². The van der Waals surface area contributed by atoms with E-state index >= 15 is 0 Å². The molecule has 0 bridgehead atoms. The van der Waals surface area contributed by atoms with Gasteiger partial charge in [-0.3, -0.25) is 4.79 Å². The van der Waals surface area contributed by atoms with Crippen molar-refractivity contribution in [3.05, 3.63) is 29.3 Å². The Morgan fingerprint density at radius 3 is 2.63 bits per heavy atom. The molecule has 1 fully saturated rings. The molecule has 2 rings (SSSR count). The Labute approximate surface area is 163 Å². The van der Waals surface area contributed by atoms with Gasteiger partial charge in [-0.05, 0) is 61.1 Å². The second kappa shape index (κ2) is 9.58. The fraction of sp³-hybridized carbons (Fsp3) is 0.667. The molecular formula is C21H33NO4S. The highest BCUT2D eigenvalue weighted by Gasteiger charge is 2.27. The van der Waals surface area contributed by atoms with Gasteiger partial charge in [-0.1, -0.05) is 26.0 Å². The predicted octanol–water partition coefficient (Wildman–Crippen LogP) is 3.46.